The third-order valence-electron chi connectivity index (χ3n) is 3.82. The normalized spacial score (nSPS) is 13.5. The lowest BCUT2D eigenvalue weighted by Crippen LogP contribution is -2.44. The largest absolute Gasteiger partial charge is 0.618 e. The van der Waals surface area contributed by atoms with Crippen LogP contribution in [0.5, 0.6) is 0 Å². The highest BCUT2D eigenvalue weighted by Crippen LogP contribution is 2.26. The van der Waals surface area contributed by atoms with Crippen molar-refractivity contribution < 1.29 is 14.2 Å². The summed E-state index contributed by atoms with van der Waals surface area (Å²) >= 11 is 0. The second-order valence-electron chi connectivity index (χ2n) is 5.01. The molecule has 0 saturated carbocycles. The van der Waals surface area contributed by atoms with Gasteiger partial charge in [-0.2, -0.15) is 9.46 Å². The summed E-state index contributed by atoms with van der Waals surface area (Å²) in [5.74, 6) is 0. The van der Waals surface area contributed by atoms with Crippen molar-refractivity contribution >= 4 is 11.0 Å². The van der Waals surface area contributed by atoms with Crippen LogP contribution in [0.3, 0.4) is 0 Å². The molecule has 0 aliphatic carbocycles. The van der Waals surface area contributed by atoms with Gasteiger partial charge in [0.1, 0.15) is 13.2 Å². The van der Waals surface area contributed by atoms with Crippen LogP contribution in [0.25, 0.3) is 22.2 Å². The maximum atomic E-state index is 12.7. The average molecular weight is 280 g/mol. The van der Waals surface area contributed by atoms with Crippen molar-refractivity contribution in [3.63, 3.8) is 0 Å². The first kappa shape index (κ1) is 12.1. The summed E-state index contributed by atoms with van der Waals surface area (Å²) < 4.78 is 6.91. The number of benzene rings is 2. The molecule has 0 bridgehead atoms. The Morgan fingerprint density at radius 1 is 0.810 bits per heavy atom. The van der Waals surface area contributed by atoms with E-state index in [4.69, 9.17) is 4.74 Å². The Bertz CT molecular complexity index is 847. The molecule has 104 valence electrons. The third kappa shape index (κ3) is 1.68. The molecule has 5 nitrogen and oxygen atoms in total. The topological polar surface area (TPSA) is 63.1 Å². The minimum Gasteiger partial charge on any atom is -0.618 e. The zero-order valence-corrected chi connectivity index (χ0v) is 11.2. The van der Waals surface area contributed by atoms with Gasteiger partial charge in [0.25, 0.3) is 22.4 Å². The predicted molar refractivity (Wildman–Crippen MR) is 75.8 cm³/mol. The molecular weight excluding hydrogens is 268 g/mol. The molecule has 2 heterocycles. The molecule has 0 unspecified atom stereocenters. The van der Waals surface area contributed by atoms with E-state index in [2.05, 4.69) is 0 Å². The lowest BCUT2D eigenvalue weighted by molar-refractivity contribution is -0.638. The highest BCUT2D eigenvalue weighted by Gasteiger charge is 2.34. The Hall–Kier alpha value is -2.66. The van der Waals surface area contributed by atoms with Gasteiger partial charge in [0, 0.05) is 6.07 Å². The molecule has 0 fully saturated rings. The van der Waals surface area contributed by atoms with Gasteiger partial charge in [0.15, 0.2) is 0 Å². The summed E-state index contributed by atoms with van der Waals surface area (Å²) in [7, 11) is 0. The molecule has 2 aromatic carbocycles. The molecule has 21 heavy (non-hydrogen) atoms. The van der Waals surface area contributed by atoms with E-state index >= 15 is 0 Å². The molecule has 1 aromatic heterocycles. The van der Waals surface area contributed by atoms with E-state index in [1.807, 2.05) is 36.4 Å². The summed E-state index contributed by atoms with van der Waals surface area (Å²) in [5, 5.41) is 25.1. The fourth-order valence-corrected chi connectivity index (χ4v) is 2.80. The Morgan fingerprint density at radius 2 is 1.52 bits per heavy atom. The van der Waals surface area contributed by atoms with Crippen LogP contribution >= 0.6 is 0 Å². The van der Waals surface area contributed by atoms with Crippen molar-refractivity contribution in [3.05, 3.63) is 70.3 Å². The lowest BCUT2D eigenvalue weighted by Gasteiger charge is -2.10. The van der Waals surface area contributed by atoms with Crippen molar-refractivity contribution in [1.82, 2.24) is 0 Å². The SMILES string of the molecule is [O-][n+]1c2c([n+]([O-])c3c(-c4ccccc4)cccc31)COC2. The number of fused-ring (bicyclic) bond motifs is 2. The highest BCUT2D eigenvalue weighted by atomic mass is 16.5. The van der Waals surface area contributed by atoms with Gasteiger partial charge in [-0.05, 0) is 11.6 Å². The number of ether oxygens (including phenoxy) is 1. The molecule has 1 aliphatic heterocycles. The van der Waals surface area contributed by atoms with Crippen LogP contribution in [-0.2, 0) is 18.0 Å². The van der Waals surface area contributed by atoms with Gasteiger partial charge in [-0.25, -0.2) is 0 Å². The standard InChI is InChI=1S/C16H12N2O3/c19-17-13-8-4-7-12(11-5-2-1-3-6-11)16(13)18(20)15-10-21-9-14(15)17/h1-8H,9-10H2. The van der Waals surface area contributed by atoms with Crippen LogP contribution < -0.4 is 9.46 Å². The van der Waals surface area contributed by atoms with E-state index < -0.39 is 0 Å². The first-order valence-electron chi connectivity index (χ1n) is 6.70. The van der Waals surface area contributed by atoms with Crippen LogP contribution in [0, 0.1) is 10.4 Å². The molecule has 0 atom stereocenters. The Kier molecular flexibility index (Phi) is 2.55. The molecule has 3 aromatic rings. The summed E-state index contributed by atoms with van der Waals surface area (Å²) in [6.45, 7) is 0.368. The lowest BCUT2D eigenvalue weighted by atomic mass is 10.0. The van der Waals surface area contributed by atoms with Crippen molar-refractivity contribution in [2.24, 2.45) is 0 Å². The number of hydrogen-bond donors (Lipinski definition) is 0. The molecule has 0 amide bonds. The Morgan fingerprint density at radius 3 is 2.29 bits per heavy atom. The molecule has 4 rings (SSSR count). The summed E-state index contributed by atoms with van der Waals surface area (Å²) in [5.41, 5.74) is 3.23. The van der Waals surface area contributed by atoms with Crippen LogP contribution in [-0.4, -0.2) is 0 Å². The van der Waals surface area contributed by atoms with Gasteiger partial charge in [-0.15, -0.1) is 0 Å². The molecule has 0 spiro atoms. The maximum absolute atomic E-state index is 12.7. The minimum atomic E-state index is 0.181. The first-order chi connectivity index (χ1) is 10.3. The fourth-order valence-electron chi connectivity index (χ4n) is 2.80. The van der Waals surface area contributed by atoms with Crippen LogP contribution in [0.2, 0.25) is 0 Å². The molecule has 1 aliphatic rings. The highest BCUT2D eigenvalue weighted by molar-refractivity contribution is 5.87. The Balaban J connectivity index is 2.13. The fraction of sp³-hybridized carbons (Fsp3) is 0.125. The number of para-hydroxylation sites is 1. The van der Waals surface area contributed by atoms with Gasteiger partial charge < -0.3 is 15.2 Å². The summed E-state index contributed by atoms with van der Waals surface area (Å²) in [4.78, 5) is 0. The Labute approximate surface area is 120 Å². The zero-order chi connectivity index (χ0) is 14.4. The summed E-state index contributed by atoms with van der Waals surface area (Å²) in [6.07, 6.45) is 0. The van der Waals surface area contributed by atoms with E-state index in [9.17, 15) is 10.4 Å². The first-order valence-corrected chi connectivity index (χ1v) is 6.70. The molecule has 0 radical (unpaired) electrons. The van der Waals surface area contributed by atoms with E-state index in [-0.39, 0.29) is 13.2 Å². The number of rotatable bonds is 1. The van der Waals surface area contributed by atoms with Crippen molar-refractivity contribution in [1.29, 1.82) is 0 Å². The zero-order valence-electron chi connectivity index (χ0n) is 11.2. The van der Waals surface area contributed by atoms with Crippen molar-refractivity contribution in [3.8, 4) is 11.1 Å². The second-order valence-corrected chi connectivity index (χ2v) is 5.01. The number of nitrogens with zero attached hydrogens (tertiary/aromatic N) is 2. The maximum Gasteiger partial charge on any atom is 0.298 e. The second kappa shape index (κ2) is 4.43. The molecule has 0 N–H and O–H groups in total. The van der Waals surface area contributed by atoms with Crippen molar-refractivity contribution in [2.45, 2.75) is 13.2 Å². The molecule has 0 saturated heterocycles. The van der Waals surface area contributed by atoms with E-state index in [0.29, 0.717) is 22.4 Å². The van der Waals surface area contributed by atoms with Crippen LogP contribution in [0.15, 0.2) is 48.5 Å². The van der Waals surface area contributed by atoms with Gasteiger partial charge in [-0.1, -0.05) is 36.4 Å². The quantitative estimate of drug-likeness (QED) is 0.504. The predicted octanol–water partition coefficient (Wildman–Crippen LogP) is 1.80. The average Bonchev–Trinajstić information content (AvgIpc) is 3.03. The monoisotopic (exact) mass is 280 g/mol. The molecular formula is C16H12N2O3. The minimum absolute atomic E-state index is 0.181. The number of aromatic nitrogens is 2. The van der Waals surface area contributed by atoms with E-state index in [1.54, 1.807) is 12.1 Å². The van der Waals surface area contributed by atoms with Crippen LogP contribution in [0.1, 0.15) is 11.4 Å². The molecule has 5 heteroatoms. The van der Waals surface area contributed by atoms with Gasteiger partial charge in [0.2, 0.25) is 0 Å². The summed E-state index contributed by atoms with van der Waals surface area (Å²) in [6, 6.07) is 14.9. The van der Waals surface area contributed by atoms with Crippen molar-refractivity contribution in [2.75, 3.05) is 0 Å². The van der Waals surface area contributed by atoms with Gasteiger partial charge in [0.05, 0.1) is 5.56 Å². The van der Waals surface area contributed by atoms with E-state index in [1.165, 1.54) is 0 Å². The smallest absolute Gasteiger partial charge is 0.298 e. The van der Waals surface area contributed by atoms with E-state index in [0.717, 1.165) is 20.6 Å². The third-order valence-corrected chi connectivity index (χ3v) is 3.82. The van der Waals surface area contributed by atoms with Gasteiger partial charge in [-0.3, -0.25) is 0 Å². The number of hydrogen-bond acceptors (Lipinski definition) is 3. The van der Waals surface area contributed by atoms with Crippen LogP contribution in [0.4, 0.5) is 0 Å². The van der Waals surface area contributed by atoms with Gasteiger partial charge >= 0.3 is 0 Å².